The summed E-state index contributed by atoms with van der Waals surface area (Å²) >= 11 is 0. The van der Waals surface area contributed by atoms with E-state index in [1.54, 1.807) is 7.11 Å². The summed E-state index contributed by atoms with van der Waals surface area (Å²) in [7, 11) is 1.04. The molecule has 1 nitrogen and oxygen atoms in total. The van der Waals surface area contributed by atoms with Crippen LogP contribution in [0.2, 0.25) is 6.55 Å². The van der Waals surface area contributed by atoms with Crippen LogP contribution in [-0.4, -0.2) is 16.2 Å². The average Bonchev–Trinajstić information content (AvgIpc) is 2.04. The third-order valence-corrected chi connectivity index (χ3v) is 3.76. The van der Waals surface area contributed by atoms with Crippen LogP contribution in [0.25, 0.3) is 0 Å². The normalized spacial score (nSPS) is 10.5. The Morgan fingerprint density at radius 2 is 1.91 bits per heavy atom. The highest BCUT2D eigenvalue weighted by Crippen LogP contribution is 1.96. The van der Waals surface area contributed by atoms with Gasteiger partial charge in [0, 0.05) is 7.11 Å². The van der Waals surface area contributed by atoms with Crippen LogP contribution in [0.3, 0.4) is 0 Å². The highest BCUT2D eigenvalue weighted by Gasteiger charge is 2.08. The van der Waals surface area contributed by atoms with Crippen LogP contribution in [0.1, 0.15) is 5.56 Å². The summed E-state index contributed by atoms with van der Waals surface area (Å²) in [5.74, 6) is 0. The van der Waals surface area contributed by atoms with E-state index in [2.05, 4.69) is 37.7 Å². The molecule has 0 unspecified atom stereocenters. The van der Waals surface area contributed by atoms with Gasteiger partial charge >= 0.3 is 0 Å². The lowest BCUT2D eigenvalue weighted by Gasteiger charge is -2.08. The molecule has 0 saturated carbocycles. The van der Waals surface area contributed by atoms with Gasteiger partial charge in [0.1, 0.15) is 0 Å². The van der Waals surface area contributed by atoms with E-state index >= 15 is 0 Å². The van der Waals surface area contributed by atoms with Crippen LogP contribution >= 0.6 is 0 Å². The predicted molar refractivity (Wildman–Crippen MR) is 49.4 cm³/mol. The first kappa shape index (κ1) is 8.49. The quantitative estimate of drug-likeness (QED) is 0.603. The molecule has 0 spiro atoms. The fraction of sp³-hybridized carbons (Fsp3) is 0.333. The van der Waals surface area contributed by atoms with E-state index in [-0.39, 0.29) is 0 Å². The number of hydrogen-bond donors (Lipinski definition) is 0. The van der Waals surface area contributed by atoms with Gasteiger partial charge < -0.3 is 4.43 Å². The Balaban J connectivity index is 2.93. The molecule has 1 radical (unpaired) electrons. The molecule has 2 heteroatoms. The molecule has 11 heavy (non-hydrogen) atoms. The Kier molecular flexibility index (Phi) is 2.85. The van der Waals surface area contributed by atoms with Crippen LogP contribution in [0.5, 0.6) is 0 Å². The summed E-state index contributed by atoms with van der Waals surface area (Å²) in [6, 6.07) is 8.40. The van der Waals surface area contributed by atoms with Crippen molar-refractivity contribution in [1.82, 2.24) is 0 Å². The topological polar surface area (TPSA) is 9.23 Å². The van der Waals surface area contributed by atoms with Crippen LogP contribution in [0, 0.1) is 6.92 Å². The van der Waals surface area contributed by atoms with Gasteiger partial charge in [0.2, 0.25) is 9.04 Å². The van der Waals surface area contributed by atoms with Gasteiger partial charge in [-0.1, -0.05) is 24.3 Å². The zero-order chi connectivity index (χ0) is 8.27. The Morgan fingerprint density at radius 1 is 1.27 bits per heavy atom. The van der Waals surface area contributed by atoms with E-state index in [1.165, 1.54) is 10.8 Å². The second-order valence-electron chi connectivity index (χ2n) is 2.58. The molecule has 0 heterocycles. The summed E-state index contributed by atoms with van der Waals surface area (Å²) in [5, 5.41) is 1.38. The molecular weight excluding hydrogens is 152 g/mol. The van der Waals surface area contributed by atoms with E-state index in [4.69, 9.17) is 4.43 Å². The van der Waals surface area contributed by atoms with Crippen molar-refractivity contribution >= 4 is 14.2 Å². The number of rotatable bonds is 2. The van der Waals surface area contributed by atoms with Crippen molar-refractivity contribution in [2.24, 2.45) is 0 Å². The summed E-state index contributed by atoms with van der Waals surface area (Å²) in [5.41, 5.74) is 1.34. The van der Waals surface area contributed by atoms with Crippen molar-refractivity contribution in [3.05, 3.63) is 29.8 Å². The van der Waals surface area contributed by atoms with Gasteiger partial charge in [0.15, 0.2) is 0 Å². The minimum absolute atomic E-state index is 0.737. The molecule has 0 aliphatic rings. The molecule has 0 atom stereocenters. The third kappa shape index (κ3) is 1.91. The first-order valence-electron chi connectivity index (χ1n) is 3.69. The van der Waals surface area contributed by atoms with Crippen molar-refractivity contribution in [2.45, 2.75) is 13.5 Å². The lowest BCUT2D eigenvalue weighted by atomic mass is 10.2. The second kappa shape index (κ2) is 3.69. The summed E-state index contributed by atoms with van der Waals surface area (Å²) in [4.78, 5) is 0. The van der Waals surface area contributed by atoms with Gasteiger partial charge in [0.05, 0.1) is 0 Å². The lowest BCUT2D eigenvalue weighted by molar-refractivity contribution is 0.434. The lowest BCUT2D eigenvalue weighted by Crippen LogP contribution is -2.30. The smallest absolute Gasteiger partial charge is 0.243 e. The SMILES string of the molecule is CO[Si](C)c1ccccc1C. The largest absolute Gasteiger partial charge is 0.415 e. The van der Waals surface area contributed by atoms with Crippen molar-refractivity contribution < 1.29 is 4.43 Å². The Hall–Kier alpha value is -0.603. The number of hydrogen-bond acceptors (Lipinski definition) is 1. The minimum Gasteiger partial charge on any atom is -0.415 e. The van der Waals surface area contributed by atoms with Gasteiger partial charge in [-0.25, -0.2) is 0 Å². The zero-order valence-electron chi connectivity index (χ0n) is 7.22. The Bertz CT molecular complexity index is 235. The molecule has 0 bridgehead atoms. The molecule has 0 N–H and O–H groups in total. The number of aryl methyl sites for hydroxylation is 1. The maximum absolute atomic E-state index is 5.32. The monoisotopic (exact) mass is 165 g/mol. The van der Waals surface area contributed by atoms with Crippen LogP contribution in [0.4, 0.5) is 0 Å². The van der Waals surface area contributed by atoms with E-state index in [0.29, 0.717) is 0 Å². The minimum atomic E-state index is -0.737. The van der Waals surface area contributed by atoms with Gasteiger partial charge in [-0.05, 0) is 24.2 Å². The van der Waals surface area contributed by atoms with E-state index < -0.39 is 9.04 Å². The molecule has 0 saturated heterocycles. The fourth-order valence-electron chi connectivity index (χ4n) is 1.08. The predicted octanol–water partition coefficient (Wildman–Crippen LogP) is 1.47. The first-order chi connectivity index (χ1) is 5.25. The molecule has 0 amide bonds. The summed E-state index contributed by atoms with van der Waals surface area (Å²) in [6.07, 6.45) is 0. The van der Waals surface area contributed by atoms with Crippen LogP contribution in [-0.2, 0) is 4.43 Å². The molecule has 0 aromatic heterocycles. The molecule has 1 aromatic carbocycles. The molecule has 0 aliphatic carbocycles. The number of benzene rings is 1. The van der Waals surface area contributed by atoms with E-state index in [0.717, 1.165) is 0 Å². The summed E-state index contributed by atoms with van der Waals surface area (Å²) < 4.78 is 5.32. The zero-order valence-corrected chi connectivity index (χ0v) is 8.22. The first-order valence-corrected chi connectivity index (χ1v) is 5.60. The van der Waals surface area contributed by atoms with E-state index in [9.17, 15) is 0 Å². The average molecular weight is 165 g/mol. The van der Waals surface area contributed by atoms with Crippen LogP contribution < -0.4 is 5.19 Å². The highest BCUT2D eigenvalue weighted by atomic mass is 28.3. The third-order valence-electron chi connectivity index (χ3n) is 1.83. The van der Waals surface area contributed by atoms with Crippen LogP contribution in [0.15, 0.2) is 24.3 Å². The molecule has 0 aliphatic heterocycles. The molecule has 1 aromatic rings. The highest BCUT2D eigenvalue weighted by molar-refractivity contribution is 6.66. The maximum Gasteiger partial charge on any atom is 0.243 e. The second-order valence-corrected chi connectivity index (χ2v) is 4.63. The Morgan fingerprint density at radius 3 is 2.45 bits per heavy atom. The van der Waals surface area contributed by atoms with Crippen molar-refractivity contribution in [2.75, 3.05) is 7.11 Å². The van der Waals surface area contributed by atoms with Gasteiger partial charge in [-0.15, -0.1) is 0 Å². The maximum atomic E-state index is 5.32. The molecule has 1 rings (SSSR count). The molecular formula is C9H13OSi. The Labute approximate surface area is 69.7 Å². The molecule has 0 fully saturated rings. The van der Waals surface area contributed by atoms with Crippen molar-refractivity contribution in [3.63, 3.8) is 0 Å². The van der Waals surface area contributed by atoms with Gasteiger partial charge in [-0.2, -0.15) is 0 Å². The fourth-order valence-corrected chi connectivity index (χ4v) is 2.27. The standard InChI is InChI=1S/C9H13OSi/c1-8-6-4-5-7-9(8)11(3)10-2/h4-7H,1-3H3. The molecule has 59 valence electrons. The van der Waals surface area contributed by atoms with Crippen molar-refractivity contribution in [1.29, 1.82) is 0 Å². The van der Waals surface area contributed by atoms with Crippen molar-refractivity contribution in [3.8, 4) is 0 Å². The summed E-state index contributed by atoms with van der Waals surface area (Å²) in [6.45, 7) is 4.29. The van der Waals surface area contributed by atoms with E-state index in [1.807, 2.05) is 0 Å². The van der Waals surface area contributed by atoms with Gasteiger partial charge in [0.25, 0.3) is 0 Å². The van der Waals surface area contributed by atoms with Gasteiger partial charge in [-0.3, -0.25) is 0 Å².